The molecule has 1 atom stereocenters. The summed E-state index contributed by atoms with van der Waals surface area (Å²) in [5.41, 5.74) is 8.03. The number of nitrogens with zero attached hydrogens (tertiary/aromatic N) is 2. The van der Waals surface area contributed by atoms with Crippen molar-refractivity contribution >= 4 is 33.0 Å². The van der Waals surface area contributed by atoms with Crippen LogP contribution in [0, 0.1) is 6.92 Å². The smallest absolute Gasteiger partial charge is 0.266 e. The number of amides is 1. The fourth-order valence-corrected chi connectivity index (χ4v) is 3.84. The van der Waals surface area contributed by atoms with Crippen molar-refractivity contribution in [1.29, 1.82) is 0 Å². The average molecular weight is 303 g/mol. The molecule has 1 fully saturated rings. The van der Waals surface area contributed by atoms with E-state index < -0.39 is 0 Å². The van der Waals surface area contributed by atoms with Crippen LogP contribution in [0.3, 0.4) is 0 Å². The van der Waals surface area contributed by atoms with Gasteiger partial charge in [0.2, 0.25) is 0 Å². The van der Waals surface area contributed by atoms with Crippen LogP contribution >= 0.6 is 11.3 Å². The molecule has 1 aliphatic rings. The van der Waals surface area contributed by atoms with E-state index in [0.717, 1.165) is 29.7 Å². The van der Waals surface area contributed by atoms with Crippen LogP contribution in [0.15, 0.2) is 18.2 Å². The summed E-state index contributed by atoms with van der Waals surface area (Å²) in [6.07, 6.45) is 0. The van der Waals surface area contributed by atoms with Crippen molar-refractivity contribution in [3.63, 3.8) is 0 Å². The molecule has 2 aromatic rings. The van der Waals surface area contributed by atoms with E-state index in [1.54, 1.807) is 0 Å². The maximum atomic E-state index is 12.8. The van der Waals surface area contributed by atoms with Gasteiger partial charge in [-0.2, -0.15) is 0 Å². The van der Waals surface area contributed by atoms with Gasteiger partial charge in [-0.05, 0) is 33.0 Å². The van der Waals surface area contributed by atoms with E-state index in [-0.39, 0.29) is 5.91 Å². The van der Waals surface area contributed by atoms with Crippen LogP contribution in [0.2, 0.25) is 0 Å². The Morgan fingerprint density at radius 3 is 2.86 bits per heavy atom. The second kappa shape index (κ2) is 5.31. The fraction of sp³-hybridized carbons (Fsp3) is 0.438. The van der Waals surface area contributed by atoms with Crippen LogP contribution in [0.1, 0.15) is 22.2 Å². The quantitative estimate of drug-likeness (QED) is 0.881. The first kappa shape index (κ1) is 14.4. The monoisotopic (exact) mass is 303 g/mol. The number of thiophene rings is 1. The van der Waals surface area contributed by atoms with E-state index >= 15 is 0 Å². The van der Waals surface area contributed by atoms with Gasteiger partial charge in [0.05, 0.1) is 5.69 Å². The Balaban J connectivity index is 1.93. The second-order valence-corrected chi connectivity index (χ2v) is 6.98. The molecule has 0 radical (unpaired) electrons. The Morgan fingerprint density at radius 1 is 1.38 bits per heavy atom. The highest BCUT2D eigenvalue weighted by Gasteiger charge is 2.27. The Morgan fingerprint density at radius 2 is 2.14 bits per heavy atom. The van der Waals surface area contributed by atoms with Crippen molar-refractivity contribution in [1.82, 2.24) is 9.80 Å². The zero-order valence-electron chi connectivity index (χ0n) is 12.7. The number of hydrogen-bond donors (Lipinski definition) is 1. The summed E-state index contributed by atoms with van der Waals surface area (Å²) in [7, 11) is 2.10. The average Bonchev–Trinajstić information content (AvgIpc) is 2.78. The van der Waals surface area contributed by atoms with Gasteiger partial charge in [-0.25, -0.2) is 0 Å². The third-order valence-corrected chi connectivity index (χ3v) is 5.50. The summed E-state index contributed by atoms with van der Waals surface area (Å²) >= 11 is 1.51. The fourth-order valence-electron chi connectivity index (χ4n) is 2.77. The number of fused-ring (bicyclic) bond motifs is 1. The second-order valence-electron chi connectivity index (χ2n) is 5.93. The lowest BCUT2D eigenvalue weighted by atomic mass is 10.1. The van der Waals surface area contributed by atoms with Crippen molar-refractivity contribution in [3.05, 3.63) is 28.6 Å². The van der Waals surface area contributed by atoms with Gasteiger partial charge in [0.1, 0.15) is 4.88 Å². The molecule has 0 spiro atoms. The van der Waals surface area contributed by atoms with Gasteiger partial charge in [0.25, 0.3) is 5.91 Å². The summed E-state index contributed by atoms with van der Waals surface area (Å²) in [5, 5.41) is 1.01. The van der Waals surface area contributed by atoms with Gasteiger partial charge in [0.15, 0.2) is 0 Å². The van der Waals surface area contributed by atoms with Crippen molar-refractivity contribution in [2.75, 3.05) is 32.4 Å². The van der Waals surface area contributed by atoms with Gasteiger partial charge >= 0.3 is 0 Å². The summed E-state index contributed by atoms with van der Waals surface area (Å²) < 4.78 is 1.09. The van der Waals surface area contributed by atoms with E-state index in [4.69, 9.17) is 5.73 Å². The number of rotatable bonds is 1. The number of carbonyl (C=O) groups is 1. The minimum atomic E-state index is 0.0753. The lowest BCUT2D eigenvalue weighted by Crippen LogP contribution is -2.51. The highest BCUT2D eigenvalue weighted by atomic mass is 32.1. The third kappa shape index (κ3) is 2.51. The molecule has 1 amide bonds. The summed E-state index contributed by atoms with van der Waals surface area (Å²) in [5.74, 6) is 0.0753. The zero-order chi connectivity index (χ0) is 15.1. The molecule has 112 valence electrons. The van der Waals surface area contributed by atoms with Crippen LogP contribution in [-0.4, -0.2) is 48.4 Å². The van der Waals surface area contributed by atoms with E-state index in [1.165, 1.54) is 16.9 Å². The van der Waals surface area contributed by atoms with Crippen LogP contribution in [0.5, 0.6) is 0 Å². The number of nitrogen functional groups attached to an aromatic ring is 1. The maximum Gasteiger partial charge on any atom is 0.266 e. The first-order valence-electron chi connectivity index (χ1n) is 7.25. The Labute approximate surface area is 129 Å². The number of likely N-dealkylation sites (N-methyl/N-ethyl adjacent to an activating group) is 1. The molecular formula is C16H21N3OS. The number of nitrogens with two attached hydrogens (primary N) is 1. The van der Waals surface area contributed by atoms with Crippen molar-refractivity contribution in [2.24, 2.45) is 0 Å². The largest absolute Gasteiger partial charge is 0.397 e. The summed E-state index contributed by atoms with van der Waals surface area (Å²) in [6, 6.07) is 6.56. The molecule has 4 nitrogen and oxygen atoms in total. The van der Waals surface area contributed by atoms with Gasteiger partial charge < -0.3 is 15.5 Å². The predicted octanol–water partition coefficient (Wildman–Crippen LogP) is 2.57. The van der Waals surface area contributed by atoms with Gasteiger partial charge in [-0.3, -0.25) is 4.79 Å². The van der Waals surface area contributed by atoms with Crippen molar-refractivity contribution < 1.29 is 4.79 Å². The van der Waals surface area contributed by atoms with Crippen LogP contribution in [0.25, 0.3) is 10.1 Å². The molecule has 0 bridgehead atoms. The molecule has 1 unspecified atom stereocenters. The highest BCUT2D eigenvalue weighted by Crippen LogP contribution is 2.35. The number of benzene rings is 1. The Kier molecular flexibility index (Phi) is 3.63. The number of aryl methyl sites for hydroxylation is 1. The normalized spacial score (nSPS) is 20.1. The molecule has 1 aliphatic heterocycles. The number of anilines is 1. The molecule has 21 heavy (non-hydrogen) atoms. The molecule has 1 saturated heterocycles. The van der Waals surface area contributed by atoms with E-state index in [1.807, 2.05) is 11.8 Å². The minimum absolute atomic E-state index is 0.0753. The molecule has 1 aromatic heterocycles. The number of hydrogen-bond acceptors (Lipinski definition) is 4. The number of piperazine rings is 1. The third-order valence-electron chi connectivity index (χ3n) is 4.32. The van der Waals surface area contributed by atoms with Crippen LogP contribution < -0.4 is 5.73 Å². The van der Waals surface area contributed by atoms with Crippen molar-refractivity contribution in [2.45, 2.75) is 19.9 Å². The molecule has 3 rings (SSSR count). The highest BCUT2D eigenvalue weighted by molar-refractivity contribution is 7.21. The van der Waals surface area contributed by atoms with E-state index in [2.05, 4.69) is 37.1 Å². The lowest BCUT2D eigenvalue weighted by molar-refractivity contribution is 0.0578. The van der Waals surface area contributed by atoms with Crippen molar-refractivity contribution in [3.8, 4) is 0 Å². The Hall–Kier alpha value is -1.59. The van der Waals surface area contributed by atoms with Crippen LogP contribution in [-0.2, 0) is 0 Å². The number of carbonyl (C=O) groups excluding carboxylic acids is 1. The molecular weight excluding hydrogens is 282 g/mol. The first-order chi connectivity index (χ1) is 9.97. The van der Waals surface area contributed by atoms with E-state index in [9.17, 15) is 4.79 Å². The Bertz CT molecular complexity index is 694. The minimum Gasteiger partial charge on any atom is -0.397 e. The van der Waals surface area contributed by atoms with Gasteiger partial charge in [-0.15, -0.1) is 11.3 Å². The molecule has 1 aromatic carbocycles. The van der Waals surface area contributed by atoms with Crippen LogP contribution in [0.4, 0.5) is 5.69 Å². The summed E-state index contributed by atoms with van der Waals surface area (Å²) in [4.78, 5) is 17.7. The molecule has 0 saturated carbocycles. The SMILES string of the molecule is Cc1ccc2sc(C(=O)N3CCN(C)C(C)C3)c(N)c2c1. The van der Waals surface area contributed by atoms with E-state index in [0.29, 0.717) is 16.6 Å². The van der Waals surface area contributed by atoms with Gasteiger partial charge in [0, 0.05) is 35.8 Å². The predicted molar refractivity (Wildman–Crippen MR) is 89.0 cm³/mol. The van der Waals surface area contributed by atoms with Gasteiger partial charge in [-0.1, -0.05) is 11.6 Å². The molecule has 2 N–H and O–H groups in total. The standard InChI is InChI=1S/C16H21N3OS/c1-10-4-5-13-12(8-10)14(17)15(21-13)16(20)19-7-6-18(3)11(2)9-19/h4-5,8,11H,6-7,9,17H2,1-3H3. The first-order valence-corrected chi connectivity index (χ1v) is 8.07. The maximum absolute atomic E-state index is 12.8. The zero-order valence-corrected chi connectivity index (χ0v) is 13.5. The summed E-state index contributed by atoms with van der Waals surface area (Å²) in [6.45, 7) is 6.64. The molecule has 2 heterocycles. The topological polar surface area (TPSA) is 49.6 Å². The lowest BCUT2D eigenvalue weighted by Gasteiger charge is -2.37. The molecule has 5 heteroatoms. The molecule has 0 aliphatic carbocycles.